The largest absolute Gasteiger partial charge is 0.491 e. The van der Waals surface area contributed by atoms with Crippen LogP contribution in [0.5, 0.6) is 5.75 Å². The molecule has 0 fully saturated rings. The molecule has 0 saturated carbocycles. The van der Waals surface area contributed by atoms with E-state index in [4.69, 9.17) is 4.74 Å². The smallest absolute Gasteiger partial charge is 0.238 e. The second kappa shape index (κ2) is 11.8. The van der Waals surface area contributed by atoms with Crippen molar-refractivity contribution < 1.29 is 9.53 Å². The number of hydrogen-bond donors (Lipinski definition) is 2. The Bertz CT molecular complexity index is 897. The van der Waals surface area contributed by atoms with Crippen molar-refractivity contribution in [1.29, 1.82) is 0 Å². The molecule has 4 heteroatoms. The number of ether oxygens (including phenoxy) is 1. The molecule has 0 aliphatic heterocycles. The molecule has 0 aliphatic rings. The number of benzene rings is 3. The van der Waals surface area contributed by atoms with Crippen molar-refractivity contribution in [3.05, 3.63) is 96.1 Å². The standard InChI is InChI=1S/C26H30N2O2/c1-2-23(22-15-7-4-8-16-22)27-20-26(29)28-24-17-9-10-18-25(24)30-19-11-14-21-12-5-3-6-13-21/h3-10,12-13,15-18,23,27H,2,11,14,19-20H2,1H3,(H,28,29). The first kappa shape index (κ1) is 21.6. The summed E-state index contributed by atoms with van der Waals surface area (Å²) in [7, 11) is 0. The van der Waals surface area contributed by atoms with Gasteiger partial charge in [-0.15, -0.1) is 0 Å². The molecule has 1 atom stereocenters. The molecule has 1 amide bonds. The second-order valence-electron chi connectivity index (χ2n) is 7.23. The first-order valence-electron chi connectivity index (χ1n) is 10.6. The van der Waals surface area contributed by atoms with Crippen LogP contribution >= 0.6 is 0 Å². The molecular weight excluding hydrogens is 372 g/mol. The number of aryl methyl sites for hydroxylation is 1. The number of amides is 1. The van der Waals surface area contributed by atoms with E-state index >= 15 is 0 Å². The van der Waals surface area contributed by atoms with Crippen LogP contribution < -0.4 is 15.4 Å². The summed E-state index contributed by atoms with van der Waals surface area (Å²) < 4.78 is 5.94. The first-order valence-corrected chi connectivity index (χ1v) is 10.6. The summed E-state index contributed by atoms with van der Waals surface area (Å²) in [4.78, 5) is 12.5. The van der Waals surface area contributed by atoms with Crippen LogP contribution in [-0.2, 0) is 11.2 Å². The molecule has 2 N–H and O–H groups in total. The van der Waals surface area contributed by atoms with Crippen LogP contribution in [0.3, 0.4) is 0 Å². The molecule has 1 unspecified atom stereocenters. The van der Waals surface area contributed by atoms with Crippen molar-refractivity contribution in [2.75, 3.05) is 18.5 Å². The molecule has 0 radical (unpaired) electrons. The Kier molecular flexibility index (Phi) is 8.48. The minimum Gasteiger partial charge on any atom is -0.491 e. The van der Waals surface area contributed by atoms with Gasteiger partial charge in [-0.3, -0.25) is 4.79 Å². The van der Waals surface area contributed by atoms with Crippen LogP contribution in [0.15, 0.2) is 84.9 Å². The van der Waals surface area contributed by atoms with Gasteiger partial charge in [0, 0.05) is 6.04 Å². The van der Waals surface area contributed by atoms with Crippen LogP contribution in [0.1, 0.15) is 36.9 Å². The van der Waals surface area contributed by atoms with Gasteiger partial charge in [0.1, 0.15) is 5.75 Å². The SMILES string of the molecule is CCC(NCC(=O)Nc1ccccc1OCCCc1ccccc1)c1ccccc1. The van der Waals surface area contributed by atoms with E-state index in [1.54, 1.807) is 0 Å². The van der Waals surface area contributed by atoms with Gasteiger partial charge < -0.3 is 15.4 Å². The zero-order valence-corrected chi connectivity index (χ0v) is 17.5. The quantitative estimate of drug-likeness (QED) is 0.424. The predicted molar refractivity (Wildman–Crippen MR) is 123 cm³/mol. The Hall–Kier alpha value is -3.11. The Morgan fingerprint density at radius 1 is 0.900 bits per heavy atom. The van der Waals surface area contributed by atoms with Crippen LogP contribution in [0, 0.1) is 0 Å². The van der Waals surface area contributed by atoms with E-state index in [-0.39, 0.29) is 18.5 Å². The number of carbonyl (C=O) groups excluding carboxylic acids is 1. The van der Waals surface area contributed by atoms with Crippen molar-refractivity contribution in [2.45, 2.75) is 32.2 Å². The number of nitrogens with one attached hydrogen (secondary N) is 2. The lowest BCUT2D eigenvalue weighted by molar-refractivity contribution is -0.115. The number of anilines is 1. The maximum absolute atomic E-state index is 12.5. The summed E-state index contributed by atoms with van der Waals surface area (Å²) in [5, 5.41) is 6.32. The van der Waals surface area contributed by atoms with Crippen molar-refractivity contribution in [3.63, 3.8) is 0 Å². The molecule has 156 valence electrons. The van der Waals surface area contributed by atoms with Gasteiger partial charge in [-0.25, -0.2) is 0 Å². The van der Waals surface area contributed by atoms with Crippen LogP contribution in [-0.4, -0.2) is 19.1 Å². The fourth-order valence-corrected chi connectivity index (χ4v) is 3.39. The Balaban J connectivity index is 1.48. The fourth-order valence-electron chi connectivity index (χ4n) is 3.39. The monoisotopic (exact) mass is 402 g/mol. The number of carbonyl (C=O) groups is 1. The van der Waals surface area contributed by atoms with Crippen molar-refractivity contribution in [3.8, 4) is 5.75 Å². The predicted octanol–water partition coefficient (Wildman–Crippen LogP) is 5.38. The molecule has 0 heterocycles. The van der Waals surface area contributed by atoms with E-state index in [1.165, 1.54) is 11.1 Å². The molecule has 3 aromatic carbocycles. The molecule has 30 heavy (non-hydrogen) atoms. The van der Waals surface area contributed by atoms with Gasteiger partial charge in [0.25, 0.3) is 0 Å². The Morgan fingerprint density at radius 2 is 1.57 bits per heavy atom. The fraction of sp³-hybridized carbons (Fsp3) is 0.269. The van der Waals surface area contributed by atoms with Crippen molar-refractivity contribution in [1.82, 2.24) is 5.32 Å². The molecule has 0 bridgehead atoms. The minimum absolute atomic E-state index is 0.0790. The molecule has 4 nitrogen and oxygen atoms in total. The first-order chi connectivity index (χ1) is 14.8. The zero-order chi connectivity index (χ0) is 21.0. The third kappa shape index (κ3) is 6.75. The highest BCUT2D eigenvalue weighted by atomic mass is 16.5. The molecular formula is C26H30N2O2. The summed E-state index contributed by atoms with van der Waals surface area (Å²) in [6, 6.07) is 28.3. The summed E-state index contributed by atoms with van der Waals surface area (Å²) in [5.41, 5.74) is 3.20. The van der Waals surface area contributed by atoms with E-state index in [1.807, 2.05) is 48.5 Å². The summed E-state index contributed by atoms with van der Waals surface area (Å²) in [5.74, 6) is 0.624. The highest BCUT2D eigenvalue weighted by Gasteiger charge is 2.12. The second-order valence-corrected chi connectivity index (χ2v) is 7.23. The molecule has 3 aromatic rings. The molecule has 0 saturated heterocycles. The number of hydrogen-bond acceptors (Lipinski definition) is 3. The van der Waals surface area contributed by atoms with Crippen molar-refractivity contribution >= 4 is 11.6 Å². The molecule has 0 spiro atoms. The third-order valence-electron chi connectivity index (χ3n) is 4.99. The van der Waals surface area contributed by atoms with E-state index in [0.717, 1.165) is 19.3 Å². The van der Waals surface area contributed by atoms with Gasteiger partial charge in [-0.2, -0.15) is 0 Å². The van der Waals surface area contributed by atoms with Gasteiger partial charge >= 0.3 is 0 Å². The topological polar surface area (TPSA) is 50.4 Å². The average molecular weight is 403 g/mol. The Morgan fingerprint density at radius 3 is 2.30 bits per heavy atom. The Labute approximate surface area is 179 Å². The van der Waals surface area contributed by atoms with Crippen LogP contribution in [0.2, 0.25) is 0 Å². The highest BCUT2D eigenvalue weighted by molar-refractivity contribution is 5.93. The van der Waals surface area contributed by atoms with Crippen molar-refractivity contribution in [2.24, 2.45) is 0 Å². The minimum atomic E-state index is -0.0790. The van der Waals surface area contributed by atoms with Gasteiger partial charge in [-0.1, -0.05) is 79.7 Å². The van der Waals surface area contributed by atoms with Gasteiger partial charge in [-0.05, 0) is 42.5 Å². The maximum atomic E-state index is 12.5. The number of para-hydroxylation sites is 2. The lowest BCUT2D eigenvalue weighted by atomic mass is 10.0. The number of rotatable bonds is 11. The van der Waals surface area contributed by atoms with E-state index < -0.39 is 0 Å². The van der Waals surface area contributed by atoms with E-state index in [0.29, 0.717) is 18.0 Å². The lowest BCUT2D eigenvalue weighted by Crippen LogP contribution is -2.31. The van der Waals surface area contributed by atoms with Crippen LogP contribution in [0.25, 0.3) is 0 Å². The zero-order valence-electron chi connectivity index (χ0n) is 17.5. The maximum Gasteiger partial charge on any atom is 0.238 e. The average Bonchev–Trinajstić information content (AvgIpc) is 2.79. The van der Waals surface area contributed by atoms with E-state index in [9.17, 15) is 4.79 Å². The highest BCUT2D eigenvalue weighted by Crippen LogP contribution is 2.24. The van der Waals surface area contributed by atoms with Gasteiger partial charge in [0.15, 0.2) is 0 Å². The molecule has 0 aliphatic carbocycles. The van der Waals surface area contributed by atoms with Gasteiger partial charge in [0.2, 0.25) is 5.91 Å². The molecule has 3 rings (SSSR count). The summed E-state index contributed by atoms with van der Waals surface area (Å²) in [6.07, 6.45) is 2.80. The lowest BCUT2D eigenvalue weighted by Gasteiger charge is -2.18. The summed E-state index contributed by atoms with van der Waals surface area (Å²) >= 11 is 0. The van der Waals surface area contributed by atoms with E-state index in [2.05, 4.69) is 54.0 Å². The van der Waals surface area contributed by atoms with Crippen LogP contribution in [0.4, 0.5) is 5.69 Å². The normalized spacial score (nSPS) is 11.6. The third-order valence-corrected chi connectivity index (χ3v) is 4.99. The molecule has 0 aromatic heterocycles. The van der Waals surface area contributed by atoms with Gasteiger partial charge in [0.05, 0.1) is 18.8 Å². The summed E-state index contributed by atoms with van der Waals surface area (Å²) in [6.45, 7) is 2.96.